The van der Waals surface area contributed by atoms with Gasteiger partial charge in [-0.25, -0.2) is 4.98 Å². The van der Waals surface area contributed by atoms with E-state index >= 15 is 0 Å². The molecular formula is C21H21N3O3S. The minimum atomic E-state index is -0.123. The van der Waals surface area contributed by atoms with Gasteiger partial charge in [-0.2, -0.15) is 0 Å². The van der Waals surface area contributed by atoms with E-state index in [1.54, 1.807) is 17.0 Å². The molecule has 1 aliphatic heterocycles. The molecule has 2 amide bonds. The van der Waals surface area contributed by atoms with E-state index in [1.807, 2.05) is 36.1 Å². The third-order valence-corrected chi connectivity index (χ3v) is 5.93. The number of aryl methyl sites for hydroxylation is 1. The van der Waals surface area contributed by atoms with Gasteiger partial charge in [0.2, 0.25) is 5.91 Å². The second-order valence-electron chi connectivity index (χ2n) is 6.74. The summed E-state index contributed by atoms with van der Waals surface area (Å²) in [6, 6.07) is 13.5. The topological polar surface area (TPSA) is 66.7 Å². The van der Waals surface area contributed by atoms with E-state index in [9.17, 15) is 9.59 Å². The number of amides is 2. The van der Waals surface area contributed by atoms with Crippen LogP contribution in [-0.2, 0) is 4.79 Å². The highest BCUT2D eigenvalue weighted by Gasteiger charge is 2.26. The maximum absolute atomic E-state index is 12.6. The molecule has 0 atom stereocenters. The van der Waals surface area contributed by atoms with Crippen molar-refractivity contribution in [2.45, 2.75) is 11.9 Å². The van der Waals surface area contributed by atoms with Gasteiger partial charge in [0.1, 0.15) is 5.03 Å². The van der Waals surface area contributed by atoms with Crippen molar-refractivity contribution in [1.82, 2.24) is 14.8 Å². The van der Waals surface area contributed by atoms with Crippen molar-refractivity contribution in [2.24, 2.45) is 0 Å². The molecule has 1 aromatic carbocycles. The number of rotatable bonds is 4. The highest BCUT2D eigenvalue weighted by atomic mass is 32.2. The maximum Gasteiger partial charge on any atom is 0.289 e. The fraction of sp³-hybridized carbons (Fsp3) is 0.286. The molecule has 0 N–H and O–H groups in total. The fourth-order valence-corrected chi connectivity index (χ4v) is 4.18. The highest BCUT2D eigenvalue weighted by molar-refractivity contribution is 7.99. The van der Waals surface area contributed by atoms with Crippen LogP contribution in [0.2, 0.25) is 0 Å². The zero-order valence-corrected chi connectivity index (χ0v) is 16.4. The number of aromatic nitrogens is 1. The normalized spacial score (nSPS) is 14.5. The number of hydrogen-bond acceptors (Lipinski definition) is 5. The van der Waals surface area contributed by atoms with Crippen molar-refractivity contribution in [3.63, 3.8) is 0 Å². The molecule has 0 unspecified atom stereocenters. The Labute approximate surface area is 167 Å². The summed E-state index contributed by atoms with van der Waals surface area (Å²) in [5.74, 6) is 0.637. The largest absolute Gasteiger partial charge is 0.459 e. The molecule has 1 saturated heterocycles. The summed E-state index contributed by atoms with van der Waals surface area (Å²) in [5.41, 5.74) is 2.01. The van der Waals surface area contributed by atoms with Crippen LogP contribution in [0.4, 0.5) is 0 Å². The monoisotopic (exact) mass is 395 g/mol. The van der Waals surface area contributed by atoms with Crippen LogP contribution in [0.3, 0.4) is 0 Å². The van der Waals surface area contributed by atoms with Crippen LogP contribution in [0.1, 0.15) is 16.1 Å². The van der Waals surface area contributed by atoms with Gasteiger partial charge >= 0.3 is 0 Å². The summed E-state index contributed by atoms with van der Waals surface area (Å²) in [6.07, 6.45) is 1.49. The van der Waals surface area contributed by atoms with E-state index in [0.29, 0.717) is 37.7 Å². The lowest BCUT2D eigenvalue weighted by molar-refractivity contribution is -0.129. The quantitative estimate of drug-likeness (QED) is 0.635. The smallest absolute Gasteiger partial charge is 0.289 e. The summed E-state index contributed by atoms with van der Waals surface area (Å²) in [7, 11) is 0. The van der Waals surface area contributed by atoms with Crippen molar-refractivity contribution in [1.29, 1.82) is 0 Å². The Morgan fingerprint density at radius 3 is 2.57 bits per heavy atom. The summed E-state index contributed by atoms with van der Waals surface area (Å²) in [6.45, 7) is 4.13. The van der Waals surface area contributed by atoms with E-state index in [-0.39, 0.29) is 11.8 Å². The highest BCUT2D eigenvalue weighted by Crippen LogP contribution is 2.24. The molecule has 0 aliphatic carbocycles. The van der Waals surface area contributed by atoms with Crippen LogP contribution < -0.4 is 0 Å². The van der Waals surface area contributed by atoms with Gasteiger partial charge in [-0.05, 0) is 36.8 Å². The van der Waals surface area contributed by atoms with Crippen molar-refractivity contribution < 1.29 is 14.0 Å². The number of nitrogens with zero attached hydrogens (tertiary/aromatic N) is 3. The molecule has 4 rings (SSSR count). The molecule has 7 heteroatoms. The van der Waals surface area contributed by atoms with Gasteiger partial charge < -0.3 is 14.2 Å². The van der Waals surface area contributed by atoms with Crippen LogP contribution >= 0.6 is 11.8 Å². The molecule has 0 spiro atoms. The van der Waals surface area contributed by atoms with E-state index < -0.39 is 0 Å². The molecule has 6 nitrogen and oxygen atoms in total. The average Bonchev–Trinajstić information content (AvgIpc) is 3.26. The molecular weight excluding hydrogens is 374 g/mol. The van der Waals surface area contributed by atoms with Gasteiger partial charge in [0, 0.05) is 31.6 Å². The Hall–Kier alpha value is -2.80. The zero-order chi connectivity index (χ0) is 19.5. The van der Waals surface area contributed by atoms with E-state index in [2.05, 4.69) is 11.1 Å². The second kappa shape index (κ2) is 8.06. The van der Waals surface area contributed by atoms with Crippen LogP contribution in [0.15, 0.2) is 58.2 Å². The number of hydrogen-bond donors (Lipinski definition) is 0. The molecule has 0 bridgehead atoms. The summed E-state index contributed by atoms with van der Waals surface area (Å²) in [4.78, 5) is 33.1. The Balaban J connectivity index is 1.33. The first-order valence-corrected chi connectivity index (χ1v) is 10.2. The second-order valence-corrected chi connectivity index (χ2v) is 7.71. The Bertz CT molecular complexity index is 995. The van der Waals surface area contributed by atoms with Crippen LogP contribution in [0.5, 0.6) is 0 Å². The first-order valence-electron chi connectivity index (χ1n) is 9.21. The van der Waals surface area contributed by atoms with Crippen molar-refractivity contribution >= 4 is 34.5 Å². The molecule has 0 radical (unpaired) electrons. The lowest BCUT2D eigenvalue weighted by Gasteiger charge is -2.34. The fourth-order valence-electron chi connectivity index (χ4n) is 3.29. The number of benzene rings is 1. The molecule has 1 fully saturated rings. The van der Waals surface area contributed by atoms with Gasteiger partial charge in [0.15, 0.2) is 5.76 Å². The van der Waals surface area contributed by atoms with E-state index in [0.717, 1.165) is 21.5 Å². The summed E-state index contributed by atoms with van der Waals surface area (Å²) < 4.78 is 5.17. The Morgan fingerprint density at radius 2 is 1.82 bits per heavy atom. The first kappa shape index (κ1) is 18.6. The number of pyridine rings is 1. The van der Waals surface area contributed by atoms with E-state index in [1.165, 1.54) is 18.0 Å². The average molecular weight is 395 g/mol. The molecule has 0 saturated carbocycles. The minimum absolute atomic E-state index is 0.0736. The number of carbonyl (C=O) groups excluding carboxylic acids is 2. The Kier molecular flexibility index (Phi) is 5.34. The van der Waals surface area contributed by atoms with Crippen molar-refractivity contribution in [3.05, 3.63) is 60.1 Å². The molecule has 2 aromatic heterocycles. The van der Waals surface area contributed by atoms with Gasteiger partial charge in [-0.15, -0.1) is 0 Å². The zero-order valence-electron chi connectivity index (χ0n) is 15.6. The van der Waals surface area contributed by atoms with E-state index in [4.69, 9.17) is 4.42 Å². The maximum atomic E-state index is 12.6. The summed E-state index contributed by atoms with van der Waals surface area (Å²) in [5, 5.41) is 1.99. The Morgan fingerprint density at radius 1 is 1.07 bits per heavy atom. The number of fused-ring (bicyclic) bond motifs is 1. The predicted octanol–water partition coefficient (Wildman–Crippen LogP) is 3.21. The van der Waals surface area contributed by atoms with Crippen LogP contribution in [0, 0.1) is 6.92 Å². The molecule has 28 heavy (non-hydrogen) atoms. The number of thioether (sulfide) groups is 1. The van der Waals surface area contributed by atoms with Crippen molar-refractivity contribution in [2.75, 3.05) is 31.9 Å². The molecule has 3 heterocycles. The van der Waals surface area contributed by atoms with Gasteiger partial charge in [-0.3, -0.25) is 9.59 Å². The molecule has 3 aromatic rings. The van der Waals surface area contributed by atoms with Crippen molar-refractivity contribution in [3.8, 4) is 0 Å². The molecule has 1 aliphatic rings. The first-order chi connectivity index (χ1) is 13.6. The number of piperazine rings is 1. The minimum Gasteiger partial charge on any atom is -0.459 e. The molecule has 144 valence electrons. The summed E-state index contributed by atoms with van der Waals surface area (Å²) >= 11 is 1.47. The van der Waals surface area contributed by atoms with Crippen LogP contribution in [-0.4, -0.2) is 58.5 Å². The lowest BCUT2D eigenvalue weighted by atomic mass is 10.2. The van der Waals surface area contributed by atoms with Gasteiger partial charge in [0.05, 0.1) is 17.5 Å². The number of carbonyl (C=O) groups is 2. The predicted molar refractivity (Wildman–Crippen MR) is 108 cm³/mol. The van der Waals surface area contributed by atoms with Gasteiger partial charge in [0.25, 0.3) is 5.91 Å². The third kappa shape index (κ3) is 3.89. The number of para-hydroxylation sites is 1. The van der Waals surface area contributed by atoms with Crippen LogP contribution in [0.25, 0.3) is 10.9 Å². The lowest BCUT2D eigenvalue weighted by Crippen LogP contribution is -2.51. The SMILES string of the molecule is Cc1cc2ccccc2nc1SCC(=O)N1CCN(C(=O)c2ccco2)CC1. The van der Waals surface area contributed by atoms with Gasteiger partial charge in [-0.1, -0.05) is 30.0 Å². The standard InChI is InChI=1S/C21H21N3O3S/c1-15-13-16-5-2-3-6-17(16)22-20(15)28-14-19(25)23-8-10-24(11-9-23)21(26)18-7-4-12-27-18/h2-7,12-13H,8-11,14H2,1H3. The third-order valence-electron chi connectivity index (χ3n) is 4.85. The number of furan rings is 1.